The van der Waals surface area contributed by atoms with Crippen LogP contribution in [0.25, 0.3) is 0 Å². The van der Waals surface area contributed by atoms with Crippen molar-refractivity contribution in [2.75, 3.05) is 37.7 Å². The summed E-state index contributed by atoms with van der Waals surface area (Å²) in [5.41, 5.74) is 0.656. The van der Waals surface area contributed by atoms with Crippen LogP contribution >= 0.6 is 0 Å². The van der Waals surface area contributed by atoms with Crippen LogP contribution in [0.3, 0.4) is 0 Å². The fourth-order valence-corrected chi connectivity index (χ4v) is 3.69. The fraction of sp³-hybridized carbons (Fsp3) is 0.524. The number of rotatable bonds is 7. The molecule has 0 saturated carbocycles. The molecule has 0 spiro atoms. The largest absolute Gasteiger partial charge is 0.488 e. The van der Waals surface area contributed by atoms with Crippen molar-refractivity contribution >= 4 is 18.1 Å². The predicted octanol–water partition coefficient (Wildman–Crippen LogP) is 1.01. The van der Waals surface area contributed by atoms with Crippen molar-refractivity contribution in [2.24, 2.45) is 0 Å². The van der Waals surface area contributed by atoms with Crippen LogP contribution in [0.15, 0.2) is 30.1 Å². The molecule has 162 valence electrons. The smallest absolute Gasteiger partial charge is 0.270 e. The lowest BCUT2D eigenvalue weighted by atomic mass is 10.1. The van der Waals surface area contributed by atoms with Gasteiger partial charge in [0.05, 0.1) is 12.1 Å². The number of fused-ring (bicyclic) bond motifs is 1. The Morgan fingerprint density at radius 3 is 2.87 bits per heavy atom. The van der Waals surface area contributed by atoms with Gasteiger partial charge in [-0.1, -0.05) is 0 Å². The molecule has 4 rings (SSSR count). The van der Waals surface area contributed by atoms with E-state index in [1.54, 1.807) is 31.0 Å². The molecule has 1 atom stereocenters. The molecule has 0 bridgehead atoms. The molecule has 9 heteroatoms. The minimum Gasteiger partial charge on any atom is -0.488 e. The Balaban J connectivity index is 1.53. The maximum absolute atomic E-state index is 12.6. The molecular formula is C21H29N5O4. The summed E-state index contributed by atoms with van der Waals surface area (Å²) in [6.07, 6.45) is 7.61. The van der Waals surface area contributed by atoms with Crippen molar-refractivity contribution in [2.45, 2.75) is 38.5 Å². The highest BCUT2D eigenvalue weighted by atomic mass is 16.5. The van der Waals surface area contributed by atoms with Gasteiger partial charge in [-0.15, -0.1) is 0 Å². The summed E-state index contributed by atoms with van der Waals surface area (Å²) in [6, 6.07) is 1.77. The van der Waals surface area contributed by atoms with Gasteiger partial charge in [-0.3, -0.25) is 14.9 Å². The van der Waals surface area contributed by atoms with E-state index in [0.29, 0.717) is 37.6 Å². The Kier molecular flexibility index (Phi) is 5.57. The highest BCUT2D eigenvalue weighted by molar-refractivity contribution is 5.94. The molecule has 1 aromatic rings. The molecule has 3 N–H and O–H groups in total. The molecule has 9 nitrogen and oxygen atoms in total. The van der Waals surface area contributed by atoms with Gasteiger partial charge in [0, 0.05) is 37.6 Å². The first-order valence-corrected chi connectivity index (χ1v) is 10.4. The summed E-state index contributed by atoms with van der Waals surface area (Å²) in [7, 11) is 0. The summed E-state index contributed by atoms with van der Waals surface area (Å²) in [6.45, 7) is 6.78. The standard InChI is InChI=1S/C21H29N5O4/c1-21(2,29)5-6-22-18-12-15(4-9-25(18)14-27)26-10-11-30-17-13-16(23-19(17)26)20(28)24-7-3-8-24/h4,9,12-14,18,22-23,29H,3,5-8,10-11H2,1-2H3. The zero-order chi connectivity index (χ0) is 21.3. The fourth-order valence-electron chi connectivity index (χ4n) is 3.69. The van der Waals surface area contributed by atoms with Gasteiger partial charge in [-0.05, 0) is 38.8 Å². The van der Waals surface area contributed by atoms with Crippen molar-refractivity contribution in [3.63, 3.8) is 0 Å². The average Bonchev–Trinajstić information content (AvgIpc) is 3.10. The Hall–Kier alpha value is -2.78. The second kappa shape index (κ2) is 8.16. The van der Waals surface area contributed by atoms with Gasteiger partial charge in [0.25, 0.3) is 5.91 Å². The van der Waals surface area contributed by atoms with Crippen LogP contribution in [0, 0.1) is 0 Å². The molecule has 1 fully saturated rings. The maximum Gasteiger partial charge on any atom is 0.270 e. The number of nitrogens with one attached hydrogen (secondary N) is 2. The number of carbonyl (C=O) groups is 2. The van der Waals surface area contributed by atoms with Gasteiger partial charge in [-0.25, -0.2) is 0 Å². The number of hydrogen-bond donors (Lipinski definition) is 3. The monoisotopic (exact) mass is 415 g/mol. The second-order valence-electron chi connectivity index (χ2n) is 8.46. The number of ether oxygens (including phenoxy) is 1. The van der Waals surface area contributed by atoms with Crippen LogP contribution in [0.1, 0.15) is 37.2 Å². The third kappa shape index (κ3) is 4.22. The molecule has 1 aromatic heterocycles. The Morgan fingerprint density at radius 1 is 1.40 bits per heavy atom. The van der Waals surface area contributed by atoms with Gasteiger partial charge in [0.15, 0.2) is 11.6 Å². The third-order valence-electron chi connectivity index (χ3n) is 5.57. The molecule has 1 unspecified atom stereocenters. The lowest BCUT2D eigenvalue weighted by molar-refractivity contribution is -0.117. The number of aromatic nitrogens is 1. The maximum atomic E-state index is 12.6. The van der Waals surface area contributed by atoms with Crippen molar-refractivity contribution in [1.29, 1.82) is 0 Å². The first-order chi connectivity index (χ1) is 14.4. The van der Waals surface area contributed by atoms with Crippen LogP contribution < -0.4 is 15.0 Å². The number of carbonyl (C=O) groups excluding carboxylic acids is 2. The number of H-pyrrole nitrogens is 1. The molecule has 0 aromatic carbocycles. The number of amides is 2. The number of aliphatic hydroxyl groups is 1. The van der Waals surface area contributed by atoms with Crippen molar-refractivity contribution in [3.05, 3.63) is 35.8 Å². The van der Waals surface area contributed by atoms with E-state index in [4.69, 9.17) is 4.74 Å². The lowest BCUT2D eigenvalue weighted by Gasteiger charge is -2.34. The highest BCUT2D eigenvalue weighted by Crippen LogP contribution is 2.35. The first kappa shape index (κ1) is 20.5. The SMILES string of the molecule is CC(C)(O)CCNC1C=C(N2CCOc3cc(C(=O)N4CCC4)[nH]c32)C=CN1C=O. The van der Waals surface area contributed by atoms with Crippen molar-refractivity contribution < 1.29 is 19.4 Å². The first-order valence-electron chi connectivity index (χ1n) is 10.4. The summed E-state index contributed by atoms with van der Waals surface area (Å²) in [5, 5.41) is 13.2. The zero-order valence-corrected chi connectivity index (χ0v) is 17.4. The number of hydrogen-bond acceptors (Lipinski definition) is 6. The summed E-state index contributed by atoms with van der Waals surface area (Å²) >= 11 is 0. The topological polar surface area (TPSA) is 101 Å². The van der Waals surface area contributed by atoms with E-state index in [1.807, 2.05) is 17.1 Å². The number of allylic oxidation sites excluding steroid dienone is 1. The minimum absolute atomic E-state index is 0.00865. The Labute approximate surface area is 176 Å². The van der Waals surface area contributed by atoms with Crippen LogP contribution in [0.5, 0.6) is 5.75 Å². The number of anilines is 1. The second-order valence-corrected chi connectivity index (χ2v) is 8.46. The Bertz CT molecular complexity index is 865. The molecule has 4 heterocycles. The van der Waals surface area contributed by atoms with E-state index in [1.165, 1.54) is 0 Å². The van der Waals surface area contributed by atoms with Gasteiger partial charge >= 0.3 is 0 Å². The number of likely N-dealkylation sites (tertiary alicyclic amines) is 1. The molecule has 3 aliphatic rings. The molecule has 2 amide bonds. The van der Waals surface area contributed by atoms with E-state index >= 15 is 0 Å². The normalized spacial score (nSPS) is 21.0. The van der Waals surface area contributed by atoms with E-state index in [9.17, 15) is 14.7 Å². The summed E-state index contributed by atoms with van der Waals surface area (Å²) in [5.74, 6) is 1.39. The predicted molar refractivity (Wildman–Crippen MR) is 112 cm³/mol. The average molecular weight is 415 g/mol. The molecule has 1 saturated heterocycles. The lowest BCUT2D eigenvalue weighted by Crippen LogP contribution is -2.45. The van der Waals surface area contributed by atoms with E-state index in [-0.39, 0.29) is 12.1 Å². The third-order valence-corrected chi connectivity index (χ3v) is 5.57. The molecular weight excluding hydrogens is 386 g/mol. The summed E-state index contributed by atoms with van der Waals surface area (Å²) in [4.78, 5) is 32.7. The number of aromatic amines is 1. The Morgan fingerprint density at radius 2 is 2.20 bits per heavy atom. The van der Waals surface area contributed by atoms with E-state index in [2.05, 4.69) is 15.2 Å². The van der Waals surface area contributed by atoms with Gasteiger partial charge in [0.2, 0.25) is 6.41 Å². The molecule has 30 heavy (non-hydrogen) atoms. The van der Waals surface area contributed by atoms with Crippen LogP contribution in [-0.4, -0.2) is 76.8 Å². The van der Waals surface area contributed by atoms with E-state index in [0.717, 1.165) is 37.4 Å². The van der Waals surface area contributed by atoms with Gasteiger partial charge < -0.3 is 29.5 Å². The van der Waals surface area contributed by atoms with Gasteiger partial charge in [-0.2, -0.15) is 0 Å². The molecule has 0 radical (unpaired) electrons. The number of nitrogens with zero attached hydrogens (tertiary/aromatic N) is 3. The van der Waals surface area contributed by atoms with Crippen LogP contribution in [-0.2, 0) is 4.79 Å². The summed E-state index contributed by atoms with van der Waals surface area (Å²) < 4.78 is 5.77. The van der Waals surface area contributed by atoms with Crippen LogP contribution in [0.4, 0.5) is 5.82 Å². The van der Waals surface area contributed by atoms with Crippen LogP contribution in [0.2, 0.25) is 0 Å². The van der Waals surface area contributed by atoms with E-state index < -0.39 is 5.60 Å². The molecule has 0 aliphatic carbocycles. The minimum atomic E-state index is -0.779. The van der Waals surface area contributed by atoms with Crippen molar-refractivity contribution in [1.82, 2.24) is 20.1 Å². The highest BCUT2D eigenvalue weighted by Gasteiger charge is 2.30. The quantitative estimate of drug-likeness (QED) is 0.575. The van der Waals surface area contributed by atoms with Crippen molar-refractivity contribution in [3.8, 4) is 5.75 Å². The van der Waals surface area contributed by atoms with Gasteiger partial charge in [0.1, 0.15) is 18.5 Å². The molecule has 3 aliphatic heterocycles. The zero-order valence-electron chi connectivity index (χ0n) is 17.4.